The van der Waals surface area contributed by atoms with Crippen LogP contribution in [0.1, 0.15) is 52.9 Å². The minimum atomic E-state index is -0.626. The van der Waals surface area contributed by atoms with Gasteiger partial charge in [0, 0.05) is 6.04 Å². The Kier molecular flexibility index (Phi) is 3.48. The first-order valence-corrected chi connectivity index (χ1v) is 6.87. The molecule has 2 rings (SSSR count). The molecule has 2 fully saturated rings. The predicted molar refractivity (Wildman–Crippen MR) is 67.9 cm³/mol. The first-order valence-electron chi connectivity index (χ1n) is 6.87. The van der Waals surface area contributed by atoms with Crippen LogP contribution in [0.25, 0.3) is 0 Å². The smallest absolute Gasteiger partial charge is 0.320 e. The van der Waals surface area contributed by atoms with Crippen molar-refractivity contribution in [2.45, 2.75) is 65.0 Å². The average Bonchev–Trinajstić information content (AvgIpc) is 2.61. The summed E-state index contributed by atoms with van der Waals surface area (Å²) in [6, 6.07) is 0.262. The second-order valence-corrected chi connectivity index (χ2v) is 6.80. The van der Waals surface area contributed by atoms with E-state index in [0.717, 1.165) is 31.7 Å². The van der Waals surface area contributed by atoms with Crippen molar-refractivity contribution in [3.63, 3.8) is 0 Å². The summed E-state index contributed by atoms with van der Waals surface area (Å²) in [7, 11) is 0. The molecule has 3 heteroatoms. The summed E-state index contributed by atoms with van der Waals surface area (Å²) in [5.41, 5.74) is 0.369. The molecule has 17 heavy (non-hydrogen) atoms. The summed E-state index contributed by atoms with van der Waals surface area (Å²) >= 11 is 0. The minimum Gasteiger partial charge on any atom is -0.480 e. The van der Waals surface area contributed by atoms with Gasteiger partial charge in [-0.25, -0.2) is 0 Å². The Morgan fingerprint density at radius 2 is 2.06 bits per heavy atom. The Morgan fingerprint density at radius 1 is 1.35 bits per heavy atom. The molecular formula is C14H25NO2. The topological polar surface area (TPSA) is 40.5 Å². The van der Waals surface area contributed by atoms with Gasteiger partial charge in [-0.1, -0.05) is 20.8 Å². The predicted octanol–water partition coefficient (Wildman–Crippen LogP) is 2.75. The first kappa shape index (κ1) is 12.9. The molecule has 1 aliphatic heterocycles. The van der Waals surface area contributed by atoms with Crippen molar-refractivity contribution < 1.29 is 9.90 Å². The highest BCUT2D eigenvalue weighted by molar-refractivity contribution is 5.73. The summed E-state index contributed by atoms with van der Waals surface area (Å²) < 4.78 is 0. The number of carboxylic acids is 1. The van der Waals surface area contributed by atoms with E-state index in [9.17, 15) is 9.90 Å². The molecule has 0 radical (unpaired) electrons. The number of hydrogen-bond acceptors (Lipinski definition) is 2. The van der Waals surface area contributed by atoms with Crippen molar-refractivity contribution in [3.8, 4) is 0 Å². The van der Waals surface area contributed by atoms with Crippen molar-refractivity contribution >= 4 is 5.97 Å². The molecule has 1 N–H and O–H groups in total. The average molecular weight is 239 g/mol. The molecule has 1 aliphatic carbocycles. The lowest BCUT2D eigenvalue weighted by Crippen LogP contribution is -2.48. The second kappa shape index (κ2) is 4.60. The molecule has 3 atom stereocenters. The van der Waals surface area contributed by atoms with Gasteiger partial charge in [-0.2, -0.15) is 0 Å². The Labute approximate surface area is 104 Å². The molecule has 2 aliphatic rings. The van der Waals surface area contributed by atoms with E-state index in [1.165, 1.54) is 12.8 Å². The lowest BCUT2D eigenvalue weighted by molar-refractivity contribution is -0.143. The fraction of sp³-hybridized carbons (Fsp3) is 0.929. The van der Waals surface area contributed by atoms with Crippen LogP contribution >= 0.6 is 0 Å². The Bertz CT molecular complexity index is 301. The highest BCUT2D eigenvalue weighted by Gasteiger charge is 2.40. The third-order valence-corrected chi connectivity index (χ3v) is 4.41. The molecule has 0 aromatic carbocycles. The molecule has 3 nitrogen and oxygen atoms in total. The third-order valence-electron chi connectivity index (χ3n) is 4.41. The molecule has 1 saturated carbocycles. The van der Waals surface area contributed by atoms with Gasteiger partial charge in [0.2, 0.25) is 0 Å². The summed E-state index contributed by atoms with van der Waals surface area (Å²) in [6.07, 6.45) is 5.48. The van der Waals surface area contributed by atoms with Crippen LogP contribution in [0.5, 0.6) is 0 Å². The zero-order valence-corrected chi connectivity index (χ0v) is 11.3. The third kappa shape index (κ3) is 2.82. The summed E-state index contributed by atoms with van der Waals surface area (Å²) in [6.45, 7) is 7.92. The molecular weight excluding hydrogens is 214 g/mol. The minimum absolute atomic E-state index is 0.221. The fourth-order valence-corrected chi connectivity index (χ4v) is 4.04. The van der Waals surface area contributed by atoms with Crippen molar-refractivity contribution in [2.24, 2.45) is 11.3 Å². The maximum Gasteiger partial charge on any atom is 0.320 e. The monoisotopic (exact) mass is 239 g/mol. The molecule has 1 saturated heterocycles. The standard InChI is InChI=1S/C14H25NO2/c1-10-7-11(9-14(2,3)8-10)15-6-4-5-12(15)13(16)17/h10-12H,4-9H2,1-3H3,(H,16,17)/t10-,11?,12-/m0/s1. The van der Waals surface area contributed by atoms with Gasteiger partial charge in [0.25, 0.3) is 0 Å². The van der Waals surface area contributed by atoms with Crippen LogP contribution in [0.3, 0.4) is 0 Å². The van der Waals surface area contributed by atoms with E-state index in [2.05, 4.69) is 25.7 Å². The lowest BCUT2D eigenvalue weighted by atomic mass is 9.70. The maximum absolute atomic E-state index is 11.3. The fourth-order valence-electron chi connectivity index (χ4n) is 4.04. The molecule has 0 aromatic rings. The molecule has 98 valence electrons. The van der Waals surface area contributed by atoms with E-state index >= 15 is 0 Å². The van der Waals surface area contributed by atoms with Gasteiger partial charge in [0.05, 0.1) is 0 Å². The van der Waals surface area contributed by atoms with Gasteiger partial charge in [0.1, 0.15) is 6.04 Å². The van der Waals surface area contributed by atoms with E-state index in [-0.39, 0.29) is 6.04 Å². The number of aliphatic carboxylic acids is 1. The SMILES string of the molecule is C[C@H]1CC(N2CCC[C@H]2C(=O)O)CC(C)(C)C1. The van der Waals surface area contributed by atoms with E-state index < -0.39 is 5.97 Å². The summed E-state index contributed by atoms with van der Waals surface area (Å²) in [4.78, 5) is 13.5. The van der Waals surface area contributed by atoms with Crippen molar-refractivity contribution in [3.05, 3.63) is 0 Å². The van der Waals surface area contributed by atoms with Crippen molar-refractivity contribution in [2.75, 3.05) is 6.54 Å². The first-order chi connectivity index (χ1) is 7.89. The van der Waals surface area contributed by atoms with Crippen LogP contribution in [0.15, 0.2) is 0 Å². The Morgan fingerprint density at radius 3 is 2.65 bits per heavy atom. The highest BCUT2D eigenvalue weighted by Crippen LogP contribution is 2.42. The number of hydrogen-bond donors (Lipinski definition) is 1. The van der Waals surface area contributed by atoms with Gasteiger partial charge in [-0.3, -0.25) is 9.69 Å². The van der Waals surface area contributed by atoms with E-state index in [1.807, 2.05) is 0 Å². The van der Waals surface area contributed by atoms with Gasteiger partial charge in [0.15, 0.2) is 0 Å². The number of carboxylic acid groups (broad SMARTS) is 1. The number of carbonyl (C=O) groups is 1. The van der Waals surface area contributed by atoms with Crippen LogP contribution in [0.4, 0.5) is 0 Å². The lowest BCUT2D eigenvalue weighted by Gasteiger charge is -2.44. The van der Waals surface area contributed by atoms with Crippen LogP contribution in [0.2, 0.25) is 0 Å². The molecule has 0 aromatic heterocycles. The van der Waals surface area contributed by atoms with Crippen molar-refractivity contribution in [1.82, 2.24) is 4.90 Å². The second-order valence-electron chi connectivity index (χ2n) is 6.80. The summed E-state index contributed by atoms with van der Waals surface area (Å²) in [5, 5.41) is 9.27. The van der Waals surface area contributed by atoms with E-state index in [1.54, 1.807) is 0 Å². The largest absolute Gasteiger partial charge is 0.480 e. The number of nitrogens with zero attached hydrogens (tertiary/aromatic N) is 1. The Hall–Kier alpha value is -0.570. The van der Waals surface area contributed by atoms with Crippen LogP contribution in [-0.2, 0) is 4.79 Å². The normalized spacial score (nSPS) is 38.2. The van der Waals surface area contributed by atoms with Gasteiger partial charge in [-0.05, 0) is 50.0 Å². The molecule has 0 spiro atoms. The molecule has 0 amide bonds. The summed E-state index contributed by atoms with van der Waals surface area (Å²) in [5.74, 6) is 0.0947. The molecule has 1 unspecified atom stereocenters. The van der Waals surface area contributed by atoms with Gasteiger partial charge >= 0.3 is 5.97 Å². The van der Waals surface area contributed by atoms with Gasteiger partial charge < -0.3 is 5.11 Å². The zero-order valence-electron chi connectivity index (χ0n) is 11.3. The quantitative estimate of drug-likeness (QED) is 0.805. The number of likely N-dealkylation sites (tertiary alicyclic amines) is 1. The van der Waals surface area contributed by atoms with Crippen molar-refractivity contribution in [1.29, 1.82) is 0 Å². The van der Waals surface area contributed by atoms with Crippen LogP contribution in [-0.4, -0.2) is 34.6 Å². The van der Waals surface area contributed by atoms with Crippen LogP contribution < -0.4 is 0 Å². The maximum atomic E-state index is 11.3. The van der Waals surface area contributed by atoms with Crippen LogP contribution in [0, 0.1) is 11.3 Å². The number of rotatable bonds is 2. The molecule has 0 bridgehead atoms. The van der Waals surface area contributed by atoms with E-state index in [4.69, 9.17) is 0 Å². The zero-order chi connectivity index (χ0) is 12.6. The van der Waals surface area contributed by atoms with Gasteiger partial charge in [-0.15, -0.1) is 0 Å². The van der Waals surface area contributed by atoms with E-state index in [0.29, 0.717) is 11.5 Å². The Balaban J connectivity index is 2.08. The highest BCUT2D eigenvalue weighted by atomic mass is 16.4. The molecule has 1 heterocycles.